The summed E-state index contributed by atoms with van der Waals surface area (Å²) in [7, 11) is 0. The van der Waals surface area contributed by atoms with Crippen molar-refractivity contribution >= 4 is 0 Å². The molecule has 0 aromatic heterocycles. The second-order valence-corrected chi connectivity index (χ2v) is 3.64. The Morgan fingerprint density at radius 2 is 2.21 bits per heavy atom. The molecular weight excluding hydrogens is 178 g/mol. The van der Waals surface area contributed by atoms with Crippen LogP contribution in [0, 0.1) is 11.3 Å². The molecule has 80 valence electrons. The van der Waals surface area contributed by atoms with Crippen molar-refractivity contribution in [1.82, 2.24) is 0 Å². The number of nitriles is 1. The number of hydrogen-bond acceptors (Lipinski definition) is 3. The average Bonchev–Trinajstić information content (AvgIpc) is 2.25. The first-order valence-corrected chi connectivity index (χ1v) is 5.53. The Morgan fingerprint density at radius 3 is 2.93 bits per heavy atom. The third-order valence-electron chi connectivity index (χ3n) is 2.37. The molecular formula is C11H19NO2. The molecule has 14 heavy (non-hydrogen) atoms. The van der Waals surface area contributed by atoms with Crippen molar-refractivity contribution in [2.45, 2.75) is 51.2 Å². The largest absolute Gasteiger partial charge is 0.353 e. The Hall–Kier alpha value is -0.590. The van der Waals surface area contributed by atoms with Crippen LogP contribution in [-0.2, 0) is 9.47 Å². The topological polar surface area (TPSA) is 42.2 Å². The zero-order valence-electron chi connectivity index (χ0n) is 8.71. The molecule has 1 fully saturated rings. The third kappa shape index (κ3) is 5.21. The summed E-state index contributed by atoms with van der Waals surface area (Å²) in [5.74, 6) is 0. The number of unbranched alkanes of at least 4 members (excludes halogenated alkanes) is 3. The quantitative estimate of drug-likeness (QED) is 0.615. The van der Waals surface area contributed by atoms with E-state index in [9.17, 15) is 0 Å². The van der Waals surface area contributed by atoms with Crippen molar-refractivity contribution in [2.24, 2.45) is 0 Å². The third-order valence-corrected chi connectivity index (χ3v) is 2.37. The van der Waals surface area contributed by atoms with E-state index in [1.807, 2.05) is 0 Å². The van der Waals surface area contributed by atoms with Gasteiger partial charge in [-0.15, -0.1) is 0 Å². The maximum absolute atomic E-state index is 8.33. The van der Waals surface area contributed by atoms with Gasteiger partial charge in [0.25, 0.3) is 0 Å². The fourth-order valence-corrected chi connectivity index (χ4v) is 1.54. The number of rotatable bonds is 6. The van der Waals surface area contributed by atoms with Crippen LogP contribution in [0.1, 0.15) is 44.9 Å². The van der Waals surface area contributed by atoms with E-state index in [1.165, 1.54) is 12.8 Å². The summed E-state index contributed by atoms with van der Waals surface area (Å²) >= 11 is 0. The Kier molecular flexibility index (Phi) is 6.38. The fraction of sp³-hybridized carbons (Fsp3) is 0.909. The molecule has 1 saturated heterocycles. The lowest BCUT2D eigenvalue weighted by molar-refractivity contribution is -0.162. The normalized spacial score (nSPS) is 21.8. The minimum atomic E-state index is 0.0414. The summed E-state index contributed by atoms with van der Waals surface area (Å²) in [4.78, 5) is 0. The first kappa shape index (κ1) is 11.5. The van der Waals surface area contributed by atoms with Crippen molar-refractivity contribution in [3.8, 4) is 6.07 Å². The van der Waals surface area contributed by atoms with Gasteiger partial charge in [-0.2, -0.15) is 5.26 Å². The molecule has 0 N–H and O–H groups in total. The summed E-state index contributed by atoms with van der Waals surface area (Å²) in [6.45, 7) is 1.62. The molecule has 1 rings (SSSR count). The fourth-order valence-electron chi connectivity index (χ4n) is 1.54. The molecule has 1 aliphatic heterocycles. The molecule has 0 aromatic rings. The van der Waals surface area contributed by atoms with E-state index in [2.05, 4.69) is 6.07 Å². The van der Waals surface area contributed by atoms with Gasteiger partial charge in [0.05, 0.1) is 6.07 Å². The van der Waals surface area contributed by atoms with Crippen LogP contribution < -0.4 is 0 Å². The van der Waals surface area contributed by atoms with Gasteiger partial charge in [-0.1, -0.05) is 6.42 Å². The summed E-state index contributed by atoms with van der Waals surface area (Å²) in [6.07, 6.45) is 7.26. The number of ether oxygens (including phenoxy) is 2. The van der Waals surface area contributed by atoms with Crippen molar-refractivity contribution < 1.29 is 9.47 Å². The molecule has 3 heteroatoms. The highest BCUT2D eigenvalue weighted by Crippen LogP contribution is 2.14. The van der Waals surface area contributed by atoms with Crippen LogP contribution >= 0.6 is 0 Å². The molecule has 0 amide bonds. The Morgan fingerprint density at radius 1 is 1.29 bits per heavy atom. The van der Waals surface area contributed by atoms with Gasteiger partial charge in [0.2, 0.25) is 0 Å². The average molecular weight is 197 g/mol. The highest BCUT2D eigenvalue weighted by Gasteiger charge is 2.12. The molecule has 1 heterocycles. The van der Waals surface area contributed by atoms with Crippen molar-refractivity contribution in [3.05, 3.63) is 0 Å². The van der Waals surface area contributed by atoms with Gasteiger partial charge in [0.1, 0.15) is 0 Å². The second kappa shape index (κ2) is 7.78. The summed E-state index contributed by atoms with van der Waals surface area (Å²) in [5.41, 5.74) is 0. The summed E-state index contributed by atoms with van der Waals surface area (Å²) in [6, 6.07) is 2.14. The summed E-state index contributed by atoms with van der Waals surface area (Å²) in [5, 5.41) is 8.33. The van der Waals surface area contributed by atoms with E-state index in [-0.39, 0.29) is 6.29 Å². The van der Waals surface area contributed by atoms with Gasteiger partial charge >= 0.3 is 0 Å². The minimum absolute atomic E-state index is 0.0414. The standard InChI is InChI=1S/C11H19NO2/c12-8-4-1-2-5-9-13-11-7-3-6-10-14-11/h11H,1-7,9-10H2/t11-/m1/s1. The van der Waals surface area contributed by atoms with Gasteiger partial charge in [0.15, 0.2) is 6.29 Å². The predicted octanol–water partition coefficient (Wildman–Crippen LogP) is 2.61. The van der Waals surface area contributed by atoms with Crippen molar-refractivity contribution in [2.75, 3.05) is 13.2 Å². The molecule has 3 nitrogen and oxygen atoms in total. The molecule has 0 unspecified atom stereocenters. The van der Waals surface area contributed by atoms with Crippen LogP contribution in [0.4, 0.5) is 0 Å². The van der Waals surface area contributed by atoms with Crippen LogP contribution in [0.15, 0.2) is 0 Å². The molecule has 0 aromatic carbocycles. The van der Waals surface area contributed by atoms with Gasteiger partial charge in [0, 0.05) is 19.6 Å². The van der Waals surface area contributed by atoms with Crippen LogP contribution in [0.2, 0.25) is 0 Å². The maximum atomic E-state index is 8.33. The van der Waals surface area contributed by atoms with Crippen LogP contribution in [0.5, 0.6) is 0 Å². The van der Waals surface area contributed by atoms with Gasteiger partial charge in [-0.3, -0.25) is 0 Å². The lowest BCUT2D eigenvalue weighted by atomic mass is 10.2. The van der Waals surface area contributed by atoms with Crippen LogP contribution in [0.3, 0.4) is 0 Å². The lowest BCUT2D eigenvalue weighted by Gasteiger charge is -2.22. The molecule has 0 bridgehead atoms. The highest BCUT2D eigenvalue weighted by atomic mass is 16.7. The SMILES string of the molecule is N#CCCCCCO[C@H]1CCCCO1. The van der Waals surface area contributed by atoms with E-state index < -0.39 is 0 Å². The lowest BCUT2D eigenvalue weighted by Crippen LogP contribution is -2.22. The van der Waals surface area contributed by atoms with Gasteiger partial charge in [-0.25, -0.2) is 0 Å². The van der Waals surface area contributed by atoms with Gasteiger partial charge in [-0.05, 0) is 32.1 Å². The maximum Gasteiger partial charge on any atom is 0.157 e. The van der Waals surface area contributed by atoms with E-state index in [1.54, 1.807) is 0 Å². The zero-order valence-corrected chi connectivity index (χ0v) is 8.71. The monoisotopic (exact) mass is 197 g/mol. The number of nitrogens with zero attached hydrogens (tertiary/aromatic N) is 1. The Bertz CT molecular complexity index is 171. The Labute approximate surface area is 86.0 Å². The summed E-state index contributed by atoms with van der Waals surface area (Å²) < 4.78 is 11.0. The molecule has 0 saturated carbocycles. The van der Waals surface area contributed by atoms with Crippen LogP contribution in [-0.4, -0.2) is 19.5 Å². The van der Waals surface area contributed by atoms with E-state index in [0.29, 0.717) is 6.42 Å². The molecule has 1 aliphatic rings. The second-order valence-electron chi connectivity index (χ2n) is 3.64. The van der Waals surface area contributed by atoms with Crippen LogP contribution in [0.25, 0.3) is 0 Å². The zero-order chi connectivity index (χ0) is 10.1. The smallest absolute Gasteiger partial charge is 0.157 e. The minimum Gasteiger partial charge on any atom is -0.353 e. The molecule has 0 radical (unpaired) electrons. The van der Waals surface area contributed by atoms with E-state index in [4.69, 9.17) is 14.7 Å². The predicted molar refractivity (Wildman–Crippen MR) is 53.6 cm³/mol. The first-order valence-electron chi connectivity index (χ1n) is 5.53. The van der Waals surface area contributed by atoms with Crippen molar-refractivity contribution in [1.29, 1.82) is 5.26 Å². The Balaban J connectivity index is 1.85. The molecule has 1 atom stereocenters. The molecule has 0 spiro atoms. The van der Waals surface area contributed by atoms with Crippen molar-refractivity contribution in [3.63, 3.8) is 0 Å². The first-order chi connectivity index (χ1) is 6.93. The number of hydrogen-bond donors (Lipinski definition) is 0. The van der Waals surface area contributed by atoms with Gasteiger partial charge < -0.3 is 9.47 Å². The molecule has 0 aliphatic carbocycles. The highest BCUT2D eigenvalue weighted by molar-refractivity contribution is 4.67. The van der Waals surface area contributed by atoms with E-state index in [0.717, 1.165) is 38.9 Å². The van der Waals surface area contributed by atoms with E-state index >= 15 is 0 Å².